The van der Waals surface area contributed by atoms with E-state index in [0.29, 0.717) is 23.9 Å². The summed E-state index contributed by atoms with van der Waals surface area (Å²) in [6.07, 6.45) is 2.24. The van der Waals surface area contributed by atoms with Gasteiger partial charge in [-0.25, -0.2) is 9.10 Å². The maximum atomic E-state index is 13.3. The molecule has 1 aromatic carbocycles. The van der Waals surface area contributed by atoms with E-state index in [1.54, 1.807) is 11.3 Å². The van der Waals surface area contributed by atoms with Crippen LogP contribution in [0.5, 0.6) is 0 Å². The molecule has 0 bridgehead atoms. The molecule has 3 N–H and O–H groups in total. The van der Waals surface area contributed by atoms with Crippen LogP contribution in [0.2, 0.25) is 0 Å². The van der Waals surface area contributed by atoms with Crippen LogP contribution in [0.15, 0.2) is 46.0 Å². The number of urea groups is 1. The second kappa shape index (κ2) is 9.41. The van der Waals surface area contributed by atoms with Crippen molar-refractivity contribution in [1.29, 1.82) is 5.41 Å². The lowest BCUT2D eigenvalue weighted by Gasteiger charge is -2.41. The van der Waals surface area contributed by atoms with Gasteiger partial charge in [0.2, 0.25) is 0 Å². The molecule has 8 heteroatoms. The van der Waals surface area contributed by atoms with E-state index in [1.165, 1.54) is 4.21 Å². The molecule has 2 aliphatic rings. The number of carbonyl (C=O) groups is 1. The van der Waals surface area contributed by atoms with E-state index >= 15 is 0 Å². The van der Waals surface area contributed by atoms with Gasteiger partial charge in [-0.05, 0) is 60.2 Å². The predicted molar refractivity (Wildman–Crippen MR) is 125 cm³/mol. The van der Waals surface area contributed by atoms with Gasteiger partial charge in [0.15, 0.2) is 0 Å². The Bertz CT molecular complexity index is 879. The molecule has 1 atom stereocenters. The highest BCUT2D eigenvalue weighted by atomic mass is 32.2. The largest absolute Gasteiger partial charge is 0.384 e. The number of nitrogen functional groups attached to an aromatic ring is 1. The standard InChI is InChI=1S/C22H29N5OS2/c1-16-13-25(15-17-7-9-26(10-8-17)30-20-6-3-11-29-20)22(28)27(14-16)19-5-2-4-18(12-19)21(23)24/h2-6,11-12,16-17H,7-10,13-15H2,1H3,(H3,23,24). The summed E-state index contributed by atoms with van der Waals surface area (Å²) in [4.78, 5) is 17.1. The van der Waals surface area contributed by atoms with Crippen LogP contribution in [0.25, 0.3) is 0 Å². The third-order valence-electron chi connectivity index (χ3n) is 5.76. The normalized spacial score (nSPS) is 21.2. The van der Waals surface area contributed by atoms with Gasteiger partial charge in [-0.2, -0.15) is 0 Å². The van der Waals surface area contributed by atoms with Gasteiger partial charge in [-0.3, -0.25) is 10.3 Å². The quantitative estimate of drug-likeness (QED) is 0.396. The average Bonchev–Trinajstić information content (AvgIpc) is 3.25. The van der Waals surface area contributed by atoms with Crippen molar-refractivity contribution < 1.29 is 4.79 Å². The van der Waals surface area contributed by atoms with Gasteiger partial charge in [0.05, 0.1) is 4.21 Å². The van der Waals surface area contributed by atoms with Gasteiger partial charge in [-0.15, -0.1) is 11.3 Å². The van der Waals surface area contributed by atoms with Crippen LogP contribution in [0, 0.1) is 17.2 Å². The topological polar surface area (TPSA) is 76.7 Å². The fourth-order valence-corrected chi connectivity index (χ4v) is 6.11. The SMILES string of the molecule is CC1CN(CC2CCN(Sc3cccs3)CC2)C(=O)N(c2cccc(C(=N)N)c2)C1. The first-order chi connectivity index (χ1) is 14.5. The molecule has 3 heterocycles. The Morgan fingerprint density at radius 1 is 1.23 bits per heavy atom. The highest BCUT2D eigenvalue weighted by Gasteiger charge is 2.33. The monoisotopic (exact) mass is 443 g/mol. The summed E-state index contributed by atoms with van der Waals surface area (Å²) in [6.45, 7) is 6.66. The summed E-state index contributed by atoms with van der Waals surface area (Å²) in [5, 5.41) is 9.80. The molecular formula is C22H29N5OS2. The van der Waals surface area contributed by atoms with Crippen molar-refractivity contribution in [1.82, 2.24) is 9.21 Å². The Morgan fingerprint density at radius 3 is 2.73 bits per heavy atom. The zero-order valence-corrected chi connectivity index (χ0v) is 18.9. The fourth-order valence-electron chi connectivity index (χ4n) is 4.22. The van der Waals surface area contributed by atoms with Crippen molar-refractivity contribution in [2.45, 2.75) is 24.0 Å². The van der Waals surface area contributed by atoms with Crippen molar-refractivity contribution in [3.8, 4) is 0 Å². The van der Waals surface area contributed by atoms with E-state index in [9.17, 15) is 4.79 Å². The molecule has 2 aliphatic heterocycles. The molecule has 2 aromatic rings. The van der Waals surface area contributed by atoms with Gasteiger partial charge >= 0.3 is 6.03 Å². The number of amides is 2. The van der Waals surface area contributed by atoms with E-state index in [0.717, 1.165) is 44.7 Å². The number of rotatable bonds is 6. The van der Waals surface area contributed by atoms with Crippen molar-refractivity contribution in [3.63, 3.8) is 0 Å². The van der Waals surface area contributed by atoms with Gasteiger partial charge in [0, 0.05) is 44.0 Å². The Morgan fingerprint density at radius 2 is 2.03 bits per heavy atom. The Kier molecular flexibility index (Phi) is 6.65. The van der Waals surface area contributed by atoms with Crippen LogP contribution in [0.1, 0.15) is 25.3 Å². The van der Waals surface area contributed by atoms with Crippen LogP contribution >= 0.6 is 23.3 Å². The number of piperidine rings is 1. The van der Waals surface area contributed by atoms with Crippen molar-refractivity contribution in [2.75, 3.05) is 37.6 Å². The number of nitrogens with zero attached hydrogens (tertiary/aromatic N) is 3. The lowest BCUT2D eigenvalue weighted by Crippen LogP contribution is -2.54. The molecular weight excluding hydrogens is 414 g/mol. The van der Waals surface area contributed by atoms with Crippen LogP contribution in [0.4, 0.5) is 10.5 Å². The first-order valence-corrected chi connectivity index (χ1v) is 12.1. The predicted octanol–water partition coefficient (Wildman–Crippen LogP) is 4.33. The maximum absolute atomic E-state index is 13.3. The van der Waals surface area contributed by atoms with Crippen molar-refractivity contribution in [2.24, 2.45) is 17.6 Å². The molecule has 6 nitrogen and oxygen atoms in total. The number of thiophene rings is 1. The van der Waals surface area contributed by atoms with Crippen LogP contribution < -0.4 is 10.6 Å². The molecule has 0 aliphatic carbocycles. The summed E-state index contributed by atoms with van der Waals surface area (Å²) < 4.78 is 3.79. The molecule has 2 fully saturated rings. The van der Waals surface area contributed by atoms with E-state index in [-0.39, 0.29) is 11.9 Å². The van der Waals surface area contributed by atoms with Gasteiger partial charge in [-0.1, -0.05) is 25.1 Å². The number of nitrogens with two attached hydrogens (primary N) is 1. The molecule has 0 saturated carbocycles. The zero-order valence-electron chi connectivity index (χ0n) is 17.3. The second-order valence-electron chi connectivity index (χ2n) is 8.26. The fraction of sp³-hybridized carbons (Fsp3) is 0.455. The number of hydrogen-bond acceptors (Lipinski definition) is 5. The average molecular weight is 444 g/mol. The summed E-state index contributed by atoms with van der Waals surface area (Å²) in [5.41, 5.74) is 7.12. The number of carbonyl (C=O) groups excluding carboxylic acids is 1. The third-order valence-corrected chi connectivity index (χ3v) is 7.88. The second-order valence-corrected chi connectivity index (χ2v) is 10.6. The van der Waals surface area contributed by atoms with Crippen LogP contribution in [0.3, 0.4) is 0 Å². The zero-order chi connectivity index (χ0) is 21.1. The molecule has 1 unspecified atom stereocenters. The minimum Gasteiger partial charge on any atom is -0.384 e. The molecule has 30 heavy (non-hydrogen) atoms. The Labute approximate surface area is 186 Å². The lowest BCUT2D eigenvalue weighted by atomic mass is 9.96. The lowest BCUT2D eigenvalue weighted by molar-refractivity contribution is 0.156. The van der Waals surface area contributed by atoms with Crippen LogP contribution in [-0.4, -0.2) is 53.8 Å². The van der Waals surface area contributed by atoms with E-state index < -0.39 is 0 Å². The number of benzene rings is 1. The number of anilines is 1. The summed E-state index contributed by atoms with van der Waals surface area (Å²) >= 11 is 3.65. The smallest absolute Gasteiger partial charge is 0.324 e. The minimum absolute atomic E-state index is 0.0263. The van der Waals surface area contributed by atoms with Gasteiger partial charge in [0.1, 0.15) is 5.84 Å². The first kappa shape index (κ1) is 21.2. The molecule has 2 saturated heterocycles. The molecule has 0 spiro atoms. The number of amidine groups is 1. The van der Waals surface area contributed by atoms with Gasteiger partial charge < -0.3 is 10.6 Å². The van der Waals surface area contributed by atoms with E-state index in [2.05, 4.69) is 28.7 Å². The van der Waals surface area contributed by atoms with Crippen LogP contribution in [-0.2, 0) is 0 Å². The third kappa shape index (κ3) is 4.99. The van der Waals surface area contributed by atoms with Gasteiger partial charge in [0.25, 0.3) is 0 Å². The van der Waals surface area contributed by atoms with Crippen molar-refractivity contribution >= 4 is 40.8 Å². The maximum Gasteiger partial charge on any atom is 0.324 e. The van der Waals surface area contributed by atoms with E-state index in [4.69, 9.17) is 11.1 Å². The Balaban J connectivity index is 1.37. The Hall–Kier alpha value is -2.03. The molecule has 1 aromatic heterocycles. The summed E-state index contributed by atoms with van der Waals surface area (Å²) in [6, 6.07) is 11.8. The number of hydrogen-bond donors (Lipinski definition) is 2. The summed E-state index contributed by atoms with van der Waals surface area (Å²) in [7, 11) is 0. The highest BCUT2D eigenvalue weighted by Crippen LogP contribution is 2.32. The molecule has 2 amide bonds. The molecule has 160 valence electrons. The highest BCUT2D eigenvalue weighted by molar-refractivity contribution is 7.98. The van der Waals surface area contributed by atoms with Crippen molar-refractivity contribution in [3.05, 3.63) is 47.3 Å². The number of nitrogens with one attached hydrogen (secondary N) is 1. The molecule has 0 radical (unpaired) electrons. The van der Waals surface area contributed by atoms with E-state index in [1.807, 2.05) is 46.0 Å². The summed E-state index contributed by atoms with van der Waals surface area (Å²) in [5.74, 6) is 0.974. The first-order valence-electron chi connectivity index (χ1n) is 10.5. The molecule has 4 rings (SSSR count). The minimum atomic E-state index is 0.0263.